The molecule has 6 heteroatoms. The van der Waals surface area contributed by atoms with Gasteiger partial charge >= 0.3 is 0 Å². The van der Waals surface area contributed by atoms with E-state index < -0.39 is 10.0 Å². The second kappa shape index (κ2) is 4.50. The van der Waals surface area contributed by atoms with E-state index in [0.29, 0.717) is 6.42 Å². The van der Waals surface area contributed by atoms with Gasteiger partial charge in [-0.25, -0.2) is 8.42 Å². The number of nitrogens with one attached hydrogen (secondary N) is 1. The third-order valence-corrected chi connectivity index (χ3v) is 2.61. The van der Waals surface area contributed by atoms with E-state index in [1.165, 1.54) is 0 Å². The zero-order valence-corrected chi connectivity index (χ0v) is 7.96. The van der Waals surface area contributed by atoms with Crippen molar-refractivity contribution >= 4 is 27.4 Å². The molecule has 0 saturated carbocycles. The van der Waals surface area contributed by atoms with E-state index in [2.05, 4.69) is 12.2 Å². The van der Waals surface area contributed by atoms with Crippen LogP contribution < -0.4 is 10.5 Å². The number of rotatable bonds is 4. The van der Waals surface area contributed by atoms with Gasteiger partial charge in [-0.3, -0.25) is 4.72 Å². The predicted molar refractivity (Wildman–Crippen MR) is 48.6 cm³/mol. The van der Waals surface area contributed by atoms with Gasteiger partial charge in [-0.15, -0.1) is 0 Å². The quantitative estimate of drug-likeness (QED) is 0.618. The van der Waals surface area contributed by atoms with E-state index in [9.17, 15) is 8.42 Å². The zero-order valence-electron chi connectivity index (χ0n) is 6.33. The van der Waals surface area contributed by atoms with Crippen LogP contribution in [0.5, 0.6) is 0 Å². The minimum absolute atomic E-state index is 0.0842. The summed E-state index contributed by atoms with van der Waals surface area (Å²) in [6, 6.07) is 0. The summed E-state index contributed by atoms with van der Waals surface area (Å²) in [7, 11) is -3.26. The van der Waals surface area contributed by atoms with Crippen LogP contribution in [0.3, 0.4) is 0 Å². The predicted octanol–water partition coefficient (Wildman–Crippen LogP) is -0.0505. The molecule has 0 aliphatic heterocycles. The minimum atomic E-state index is -3.26. The summed E-state index contributed by atoms with van der Waals surface area (Å²) < 4.78 is 23.9. The fourth-order valence-electron chi connectivity index (χ4n) is 0.539. The zero-order chi connectivity index (χ0) is 8.91. The van der Waals surface area contributed by atoms with Gasteiger partial charge in [0.2, 0.25) is 10.0 Å². The molecule has 0 heterocycles. The molecule has 0 aliphatic rings. The van der Waals surface area contributed by atoms with Crippen LogP contribution >= 0.6 is 12.2 Å². The third-order valence-electron chi connectivity index (χ3n) is 1.02. The van der Waals surface area contributed by atoms with Crippen LogP contribution in [0.25, 0.3) is 0 Å². The summed E-state index contributed by atoms with van der Waals surface area (Å²) in [5.41, 5.74) is 4.99. The van der Waals surface area contributed by atoms with Crippen LogP contribution in [0.15, 0.2) is 0 Å². The molecule has 0 bridgehead atoms. The van der Waals surface area contributed by atoms with Gasteiger partial charge in [-0.1, -0.05) is 13.3 Å². The van der Waals surface area contributed by atoms with E-state index in [1.807, 2.05) is 11.6 Å². The van der Waals surface area contributed by atoms with E-state index in [1.54, 1.807) is 0 Å². The number of thiocarbonyl (C=S) groups is 1. The topological polar surface area (TPSA) is 72.2 Å². The molecule has 0 aromatic heterocycles. The molecule has 11 heavy (non-hydrogen) atoms. The lowest BCUT2D eigenvalue weighted by Crippen LogP contribution is -2.36. The molecule has 0 amide bonds. The number of hydrogen-bond acceptors (Lipinski definition) is 3. The standard InChI is InChI=1S/C5H12N2O2S2/c1-2-3-4-11(8,9)7-5(6)10/h2-4H2,1H3,(H3,6,7,10). The summed E-state index contributed by atoms with van der Waals surface area (Å²) in [6.45, 7) is 1.91. The van der Waals surface area contributed by atoms with Gasteiger partial charge in [-0.05, 0) is 18.6 Å². The summed E-state index contributed by atoms with van der Waals surface area (Å²) in [4.78, 5) is 0. The minimum Gasteiger partial charge on any atom is -0.376 e. The fraction of sp³-hybridized carbons (Fsp3) is 0.800. The van der Waals surface area contributed by atoms with Crippen molar-refractivity contribution in [3.63, 3.8) is 0 Å². The first kappa shape index (κ1) is 10.6. The maximum Gasteiger partial charge on any atom is 0.234 e. The number of sulfonamides is 1. The first-order chi connectivity index (χ1) is 4.98. The highest BCUT2D eigenvalue weighted by Gasteiger charge is 2.08. The number of hydrogen-bond donors (Lipinski definition) is 2. The lowest BCUT2D eigenvalue weighted by Gasteiger charge is -2.03. The van der Waals surface area contributed by atoms with Crippen LogP contribution in [0.4, 0.5) is 0 Å². The van der Waals surface area contributed by atoms with E-state index >= 15 is 0 Å². The SMILES string of the molecule is CCCCS(=O)(=O)NC(N)=S. The van der Waals surface area contributed by atoms with Gasteiger partial charge in [0.15, 0.2) is 5.11 Å². The van der Waals surface area contributed by atoms with Crippen molar-refractivity contribution in [1.82, 2.24) is 4.72 Å². The molecule has 0 fully saturated rings. The Morgan fingerprint density at radius 1 is 1.64 bits per heavy atom. The molecule has 4 nitrogen and oxygen atoms in total. The van der Waals surface area contributed by atoms with Crippen LogP contribution in [-0.2, 0) is 10.0 Å². The van der Waals surface area contributed by atoms with Crippen molar-refractivity contribution in [2.75, 3.05) is 5.75 Å². The van der Waals surface area contributed by atoms with Crippen molar-refractivity contribution in [3.05, 3.63) is 0 Å². The number of nitrogens with two attached hydrogens (primary N) is 1. The Morgan fingerprint density at radius 2 is 2.18 bits per heavy atom. The molecule has 0 aromatic rings. The molecule has 3 N–H and O–H groups in total. The molecular weight excluding hydrogens is 184 g/mol. The lowest BCUT2D eigenvalue weighted by atomic mass is 10.4. The summed E-state index contributed by atoms with van der Waals surface area (Å²) in [5.74, 6) is 0.0842. The van der Waals surface area contributed by atoms with Crippen molar-refractivity contribution in [1.29, 1.82) is 0 Å². The number of unbranched alkanes of at least 4 members (excludes halogenated alkanes) is 1. The normalized spacial score (nSPS) is 11.0. The maximum absolute atomic E-state index is 10.9. The smallest absolute Gasteiger partial charge is 0.234 e. The van der Waals surface area contributed by atoms with Gasteiger partial charge in [0, 0.05) is 0 Å². The Bertz CT molecular complexity index is 223. The largest absolute Gasteiger partial charge is 0.376 e. The van der Waals surface area contributed by atoms with Gasteiger partial charge < -0.3 is 5.73 Å². The maximum atomic E-state index is 10.9. The molecule has 0 saturated heterocycles. The lowest BCUT2D eigenvalue weighted by molar-refractivity contribution is 0.589. The molecule has 0 radical (unpaired) electrons. The second-order valence-corrected chi connectivity index (χ2v) is 4.42. The average molecular weight is 196 g/mol. The molecule has 66 valence electrons. The first-order valence-electron chi connectivity index (χ1n) is 3.28. The molecule has 0 aliphatic carbocycles. The Kier molecular flexibility index (Phi) is 4.36. The van der Waals surface area contributed by atoms with Gasteiger partial charge in [0.25, 0.3) is 0 Å². The van der Waals surface area contributed by atoms with Gasteiger partial charge in [-0.2, -0.15) is 0 Å². The third kappa shape index (κ3) is 6.05. The summed E-state index contributed by atoms with van der Waals surface area (Å²) in [6.07, 6.45) is 1.45. The highest BCUT2D eigenvalue weighted by molar-refractivity contribution is 7.91. The first-order valence-corrected chi connectivity index (χ1v) is 5.34. The van der Waals surface area contributed by atoms with Gasteiger partial charge in [0.1, 0.15) is 0 Å². The molecule has 0 rings (SSSR count). The average Bonchev–Trinajstić information content (AvgIpc) is 1.81. The Labute approximate surface area is 72.2 Å². The van der Waals surface area contributed by atoms with Crippen LogP contribution in [0, 0.1) is 0 Å². The highest BCUT2D eigenvalue weighted by Crippen LogP contribution is 1.92. The Morgan fingerprint density at radius 3 is 2.55 bits per heavy atom. The van der Waals surface area contributed by atoms with Crippen molar-refractivity contribution in [3.8, 4) is 0 Å². The van der Waals surface area contributed by atoms with Crippen molar-refractivity contribution < 1.29 is 8.42 Å². The van der Waals surface area contributed by atoms with E-state index in [0.717, 1.165) is 6.42 Å². The van der Waals surface area contributed by atoms with Crippen molar-refractivity contribution in [2.45, 2.75) is 19.8 Å². The summed E-state index contributed by atoms with van der Waals surface area (Å²) in [5, 5.41) is -0.193. The Balaban J connectivity index is 3.92. The van der Waals surface area contributed by atoms with Crippen LogP contribution in [0.2, 0.25) is 0 Å². The molecule has 0 aromatic carbocycles. The summed E-state index contributed by atoms with van der Waals surface area (Å²) >= 11 is 4.38. The molecule has 0 unspecified atom stereocenters. The molecule has 0 atom stereocenters. The van der Waals surface area contributed by atoms with Crippen molar-refractivity contribution in [2.24, 2.45) is 5.73 Å². The van der Waals surface area contributed by atoms with Crippen LogP contribution in [0.1, 0.15) is 19.8 Å². The highest BCUT2D eigenvalue weighted by atomic mass is 32.2. The molecular formula is C5H12N2O2S2. The Hall–Kier alpha value is -0.360. The van der Waals surface area contributed by atoms with Gasteiger partial charge in [0.05, 0.1) is 5.75 Å². The van der Waals surface area contributed by atoms with E-state index in [-0.39, 0.29) is 10.9 Å². The molecule has 0 spiro atoms. The van der Waals surface area contributed by atoms with Crippen LogP contribution in [-0.4, -0.2) is 19.3 Å². The monoisotopic (exact) mass is 196 g/mol. The second-order valence-electron chi connectivity index (χ2n) is 2.14. The van der Waals surface area contributed by atoms with E-state index in [4.69, 9.17) is 5.73 Å². The fourth-order valence-corrected chi connectivity index (χ4v) is 2.00.